The van der Waals surface area contributed by atoms with Crippen LogP contribution in [0.3, 0.4) is 0 Å². The number of hydrogen-bond acceptors (Lipinski definition) is 1. The van der Waals surface area contributed by atoms with Gasteiger partial charge in [0.25, 0.3) is 0 Å². The molecule has 2 rings (SSSR count). The van der Waals surface area contributed by atoms with Crippen molar-refractivity contribution in [3.8, 4) is 0 Å². The Morgan fingerprint density at radius 1 is 1.07 bits per heavy atom. The second-order valence-corrected chi connectivity index (χ2v) is 4.09. The fourth-order valence-electron chi connectivity index (χ4n) is 2.11. The minimum atomic E-state index is 0.980. The highest BCUT2D eigenvalue weighted by Crippen LogP contribution is 2.28. The van der Waals surface area contributed by atoms with E-state index < -0.39 is 0 Å². The fourth-order valence-corrected chi connectivity index (χ4v) is 2.11. The van der Waals surface area contributed by atoms with Gasteiger partial charge in [-0.3, -0.25) is 0 Å². The van der Waals surface area contributed by atoms with Crippen molar-refractivity contribution in [3.05, 3.63) is 53.3 Å². The number of rotatable bonds is 1. The lowest BCUT2D eigenvalue weighted by Gasteiger charge is -2.29. The van der Waals surface area contributed by atoms with Gasteiger partial charge in [-0.1, -0.05) is 30.4 Å². The molecule has 0 fully saturated rings. The largest absolute Gasteiger partial charge is 0.341 e. The van der Waals surface area contributed by atoms with Crippen molar-refractivity contribution < 1.29 is 0 Å². The van der Waals surface area contributed by atoms with Crippen molar-refractivity contribution in [1.29, 1.82) is 0 Å². The molecule has 1 heteroatoms. The van der Waals surface area contributed by atoms with Crippen LogP contribution in [0.15, 0.2) is 42.1 Å². The van der Waals surface area contributed by atoms with Gasteiger partial charge in [0.05, 0.1) is 0 Å². The average molecular weight is 199 g/mol. The molecule has 1 aliphatic heterocycles. The SMILES string of the molecule is CC1=CC=CCN1c1c(C)cccc1C. The van der Waals surface area contributed by atoms with Crippen molar-refractivity contribution in [2.45, 2.75) is 20.8 Å². The highest BCUT2D eigenvalue weighted by molar-refractivity contribution is 5.63. The third-order valence-electron chi connectivity index (χ3n) is 2.90. The van der Waals surface area contributed by atoms with E-state index in [4.69, 9.17) is 0 Å². The van der Waals surface area contributed by atoms with Crippen molar-refractivity contribution >= 4 is 5.69 Å². The van der Waals surface area contributed by atoms with Crippen LogP contribution in [0.1, 0.15) is 18.1 Å². The van der Waals surface area contributed by atoms with Crippen molar-refractivity contribution in [1.82, 2.24) is 0 Å². The number of nitrogens with zero attached hydrogens (tertiary/aromatic N) is 1. The number of allylic oxidation sites excluding steroid dienone is 3. The summed E-state index contributed by atoms with van der Waals surface area (Å²) in [6, 6.07) is 6.47. The zero-order valence-electron chi connectivity index (χ0n) is 9.62. The summed E-state index contributed by atoms with van der Waals surface area (Å²) in [5.41, 5.74) is 5.36. The van der Waals surface area contributed by atoms with Gasteiger partial charge in [0.15, 0.2) is 0 Å². The second-order valence-electron chi connectivity index (χ2n) is 4.09. The molecule has 0 aliphatic carbocycles. The molecular formula is C14H17N. The smallest absolute Gasteiger partial charge is 0.0470 e. The Bertz CT molecular complexity index is 407. The van der Waals surface area contributed by atoms with Crippen LogP contribution in [0.25, 0.3) is 0 Å². The zero-order valence-corrected chi connectivity index (χ0v) is 9.62. The summed E-state index contributed by atoms with van der Waals surface area (Å²) in [7, 11) is 0. The van der Waals surface area contributed by atoms with E-state index >= 15 is 0 Å². The van der Waals surface area contributed by atoms with Gasteiger partial charge < -0.3 is 4.90 Å². The summed E-state index contributed by atoms with van der Waals surface area (Å²) < 4.78 is 0. The predicted octanol–water partition coefficient (Wildman–Crippen LogP) is 3.58. The van der Waals surface area contributed by atoms with Gasteiger partial charge in [0.2, 0.25) is 0 Å². The lowest BCUT2D eigenvalue weighted by atomic mass is 10.1. The first-order valence-corrected chi connectivity index (χ1v) is 5.37. The number of aryl methyl sites for hydroxylation is 2. The molecule has 1 aliphatic rings. The van der Waals surface area contributed by atoms with E-state index in [1.807, 2.05) is 0 Å². The van der Waals surface area contributed by atoms with Gasteiger partial charge >= 0.3 is 0 Å². The van der Waals surface area contributed by atoms with E-state index in [1.165, 1.54) is 22.5 Å². The molecular weight excluding hydrogens is 182 g/mol. The molecule has 1 aromatic rings. The monoisotopic (exact) mass is 199 g/mol. The van der Waals surface area contributed by atoms with Gasteiger partial charge in [-0.15, -0.1) is 0 Å². The van der Waals surface area contributed by atoms with Crippen molar-refractivity contribution in [3.63, 3.8) is 0 Å². The predicted molar refractivity (Wildman–Crippen MR) is 66.2 cm³/mol. The summed E-state index contributed by atoms with van der Waals surface area (Å²) in [6.07, 6.45) is 6.48. The van der Waals surface area contributed by atoms with Crippen LogP contribution in [-0.2, 0) is 0 Å². The molecule has 0 spiro atoms. The molecule has 78 valence electrons. The molecule has 0 bridgehead atoms. The van der Waals surface area contributed by atoms with Crippen LogP contribution in [0.4, 0.5) is 5.69 Å². The van der Waals surface area contributed by atoms with Gasteiger partial charge in [-0.05, 0) is 38.0 Å². The van der Waals surface area contributed by atoms with E-state index in [1.54, 1.807) is 0 Å². The van der Waals surface area contributed by atoms with Crippen LogP contribution in [0, 0.1) is 13.8 Å². The van der Waals surface area contributed by atoms with Gasteiger partial charge in [-0.2, -0.15) is 0 Å². The standard InChI is InChI=1S/C14H17N/c1-11-7-6-8-12(2)14(11)15-10-5-4-9-13(15)3/h4-9H,10H2,1-3H3. The fraction of sp³-hybridized carbons (Fsp3) is 0.286. The van der Waals surface area contributed by atoms with E-state index in [0.29, 0.717) is 0 Å². The first-order valence-electron chi connectivity index (χ1n) is 5.37. The normalized spacial score (nSPS) is 15.4. The van der Waals surface area contributed by atoms with E-state index in [9.17, 15) is 0 Å². The third-order valence-corrected chi connectivity index (χ3v) is 2.90. The average Bonchev–Trinajstić information content (AvgIpc) is 2.20. The van der Waals surface area contributed by atoms with Gasteiger partial charge in [0.1, 0.15) is 0 Å². The zero-order chi connectivity index (χ0) is 10.8. The topological polar surface area (TPSA) is 3.24 Å². The van der Waals surface area contributed by atoms with Crippen LogP contribution < -0.4 is 4.90 Å². The van der Waals surface area contributed by atoms with Crippen molar-refractivity contribution in [2.24, 2.45) is 0 Å². The highest BCUT2D eigenvalue weighted by atomic mass is 15.1. The molecule has 0 unspecified atom stereocenters. The minimum absolute atomic E-state index is 0.980. The van der Waals surface area contributed by atoms with E-state index in [0.717, 1.165) is 6.54 Å². The first kappa shape index (κ1) is 10.0. The molecule has 1 nitrogen and oxygen atoms in total. The number of anilines is 1. The Morgan fingerprint density at radius 3 is 2.33 bits per heavy atom. The summed E-state index contributed by atoms with van der Waals surface area (Å²) >= 11 is 0. The maximum Gasteiger partial charge on any atom is 0.0470 e. The molecule has 1 heterocycles. The summed E-state index contributed by atoms with van der Waals surface area (Å²) in [5.74, 6) is 0. The molecule has 0 aromatic heterocycles. The lowest BCUT2D eigenvalue weighted by molar-refractivity contribution is 0.977. The van der Waals surface area contributed by atoms with Crippen LogP contribution in [0.5, 0.6) is 0 Å². The molecule has 1 aromatic carbocycles. The highest BCUT2D eigenvalue weighted by Gasteiger charge is 2.13. The lowest BCUT2D eigenvalue weighted by Crippen LogP contribution is -2.24. The number of hydrogen-bond donors (Lipinski definition) is 0. The Balaban J connectivity index is 2.46. The van der Waals surface area contributed by atoms with E-state index in [-0.39, 0.29) is 0 Å². The van der Waals surface area contributed by atoms with Crippen LogP contribution in [-0.4, -0.2) is 6.54 Å². The molecule has 0 saturated heterocycles. The van der Waals surface area contributed by atoms with Gasteiger partial charge in [-0.25, -0.2) is 0 Å². The first-order chi connectivity index (χ1) is 7.20. The molecule has 0 saturated carbocycles. The third kappa shape index (κ3) is 1.82. The molecule has 0 amide bonds. The Hall–Kier alpha value is -1.50. The van der Waals surface area contributed by atoms with Crippen LogP contribution in [0.2, 0.25) is 0 Å². The Morgan fingerprint density at radius 2 is 1.73 bits per heavy atom. The van der Waals surface area contributed by atoms with Gasteiger partial charge in [0, 0.05) is 17.9 Å². The summed E-state index contributed by atoms with van der Waals surface area (Å²) in [5, 5.41) is 0. The summed E-state index contributed by atoms with van der Waals surface area (Å²) in [4.78, 5) is 2.37. The quantitative estimate of drug-likeness (QED) is 0.668. The maximum atomic E-state index is 2.37. The number of benzene rings is 1. The van der Waals surface area contributed by atoms with Crippen molar-refractivity contribution in [2.75, 3.05) is 11.4 Å². The number of para-hydroxylation sites is 1. The minimum Gasteiger partial charge on any atom is -0.341 e. The molecule has 15 heavy (non-hydrogen) atoms. The molecule has 0 radical (unpaired) electrons. The van der Waals surface area contributed by atoms with Crippen LogP contribution >= 0.6 is 0 Å². The second kappa shape index (κ2) is 3.93. The molecule has 0 N–H and O–H groups in total. The Labute approximate surface area is 91.7 Å². The maximum absolute atomic E-state index is 2.37. The Kier molecular flexibility index (Phi) is 2.63. The van der Waals surface area contributed by atoms with E-state index in [2.05, 4.69) is 62.1 Å². The molecule has 0 atom stereocenters. The summed E-state index contributed by atoms with van der Waals surface area (Å²) in [6.45, 7) is 7.49.